The maximum Gasteiger partial charge on any atom is 0.288 e. The minimum Gasteiger partial charge on any atom is -0.387 e. The molecule has 0 aromatic rings. The molecule has 3 N–H and O–H groups in total. The molecule has 0 saturated carbocycles. The Morgan fingerprint density at radius 2 is 1.89 bits per heavy atom. The lowest BCUT2D eigenvalue weighted by Crippen LogP contribution is -2.09. The third-order valence-electron chi connectivity index (χ3n) is 0.204. The number of nitrogens with two attached hydrogens (primary N) is 1. The van der Waals surface area contributed by atoms with Crippen LogP contribution in [0, 0.1) is 12.0 Å². The summed E-state index contributed by atoms with van der Waals surface area (Å²) in [5.41, 5.74) is 4.74. The average Bonchev–Trinajstić information content (AvgIpc) is 1.89. The van der Waals surface area contributed by atoms with E-state index in [0.29, 0.717) is 0 Å². The van der Waals surface area contributed by atoms with Gasteiger partial charge in [-0.3, -0.25) is 10.3 Å². The van der Waals surface area contributed by atoms with Gasteiger partial charge in [-0.2, -0.15) is 0 Å². The van der Waals surface area contributed by atoms with E-state index >= 15 is 0 Å². The normalized spacial score (nSPS) is 6.33. The highest BCUT2D eigenvalue weighted by Gasteiger charge is 1.73. The van der Waals surface area contributed by atoms with Crippen LogP contribution in [0.5, 0.6) is 0 Å². The van der Waals surface area contributed by atoms with Crippen molar-refractivity contribution in [3.05, 3.63) is 11.4 Å². The molecule has 0 spiro atoms. The number of nitrogens with zero attached hydrogens (tertiary/aromatic N) is 1. The van der Waals surface area contributed by atoms with Gasteiger partial charge in [-0.15, -0.1) is 11.6 Å². The van der Waals surface area contributed by atoms with Crippen molar-refractivity contribution < 1.29 is 0 Å². The molecule has 0 aliphatic heterocycles. The van der Waals surface area contributed by atoms with Crippen molar-refractivity contribution in [1.29, 1.82) is 5.41 Å². The Hall–Kier alpha value is -0.460. The summed E-state index contributed by atoms with van der Waals surface area (Å²) in [6.45, 7) is 5.94. The molecule has 5 heteroatoms. The van der Waals surface area contributed by atoms with Crippen LogP contribution in [0.15, 0.2) is 0 Å². The summed E-state index contributed by atoms with van der Waals surface area (Å²) in [4.78, 5) is 2.75. The zero-order valence-electron chi connectivity index (χ0n) is 4.69. The molecular formula is C4H7Cl2N3. The molecule has 0 fully saturated rings. The van der Waals surface area contributed by atoms with E-state index in [1.165, 1.54) is 0 Å². The fourth-order valence-corrected chi connectivity index (χ4v) is 0. The first-order valence-corrected chi connectivity index (χ1v) is 3.04. The van der Waals surface area contributed by atoms with Gasteiger partial charge in [0.15, 0.2) is 0 Å². The van der Waals surface area contributed by atoms with E-state index in [2.05, 4.69) is 4.85 Å². The van der Waals surface area contributed by atoms with E-state index in [1.807, 2.05) is 0 Å². The summed E-state index contributed by atoms with van der Waals surface area (Å²) in [5, 5.41) is 6.39. The van der Waals surface area contributed by atoms with Crippen LogP contribution < -0.4 is 5.73 Å². The maximum absolute atomic E-state index is 6.39. The Morgan fingerprint density at radius 1 is 1.67 bits per heavy atom. The molecule has 0 aromatic carbocycles. The summed E-state index contributed by atoms with van der Waals surface area (Å²) < 4.78 is 0. The second kappa shape index (κ2) is 10.5. The molecule has 0 aliphatic rings. The molecule has 0 heterocycles. The van der Waals surface area contributed by atoms with Crippen LogP contribution in [0.3, 0.4) is 0 Å². The summed E-state index contributed by atoms with van der Waals surface area (Å²) in [6, 6.07) is 0.0833. The van der Waals surface area contributed by atoms with Gasteiger partial charge in [-0.1, -0.05) is 0 Å². The Kier molecular flexibility index (Phi) is 13.3. The largest absolute Gasteiger partial charge is 0.387 e. The number of rotatable bonds is 1. The standard InChI is InChI=1S/C2H5ClN2.C2H2ClN/c3-1-2(4)5;1-4-2-3/h1H2,(H3,4,5);2H2. The Labute approximate surface area is 64.1 Å². The first-order valence-electron chi connectivity index (χ1n) is 1.97. The van der Waals surface area contributed by atoms with Crippen molar-refractivity contribution >= 4 is 29.0 Å². The first-order chi connectivity index (χ1) is 4.18. The van der Waals surface area contributed by atoms with Crippen molar-refractivity contribution in [2.45, 2.75) is 0 Å². The minimum atomic E-state index is 0.0201. The summed E-state index contributed by atoms with van der Waals surface area (Å²) >= 11 is 9.82. The van der Waals surface area contributed by atoms with Crippen LogP contribution in [-0.4, -0.2) is 17.7 Å². The monoisotopic (exact) mass is 167 g/mol. The minimum absolute atomic E-state index is 0.0201. The van der Waals surface area contributed by atoms with Crippen LogP contribution in [0.1, 0.15) is 0 Å². The van der Waals surface area contributed by atoms with E-state index in [0.717, 1.165) is 0 Å². The Morgan fingerprint density at radius 3 is 1.89 bits per heavy atom. The third kappa shape index (κ3) is 35.9. The van der Waals surface area contributed by atoms with Gasteiger partial charge in [-0.25, -0.2) is 6.57 Å². The van der Waals surface area contributed by atoms with Crippen molar-refractivity contribution in [3.8, 4) is 0 Å². The SMILES string of the molecule is N=C(N)CCl.[C-]#[N+]CCl. The molecule has 52 valence electrons. The average molecular weight is 168 g/mol. The predicted octanol–water partition coefficient (Wildman–Crippen LogP) is 1.26. The maximum atomic E-state index is 6.39. The van der Waals surface area contributed by atoms with Crippen LogP contribution in [-0.2, 0) is 0 Å². The Bertz CT molecular complexity index is 107. The van der Waals surface area contributed by atoms with Gasteiger partial charge in [0.25, 0.3) is 6.00 Å². The fraction of sp³-hybridized carbons (Fsp3) is 0.500. The highest BCUT2D eigenvalue weighted by atomic mass is 35.5. The molecular weight excluding hydrogens is 161 g/mol. The van der Waals surface area contributed by atoms with Gasteiger partial charge in [0.1, 0.15) is 5.84 Å². The molecule has 0 aliphatic carbocycles. The number of alkyl halides is 2. The van der Waals surface area contributed by atoms with Gasteiger partial charge < -0.3 is 5.73 Å². The predicted molar refractivity (Wildman–Crippen MR) is 40.0 cm³/mol. The number of halogens is 2. The van der Waals surface area contributed by atoms with E-state index in [-0.39, 0.29) is 17.7 Å². The van der Waals surface area contributed by atoms with Gasteiger partial charge in [0, 0.05) is 0 Å². The molecule has 0 unspecified atom stereocenters. The number of amidine groups is 1. The highest BCUT2D eigenvalue weighted by molar-refractivity contribution is 6.27. The highest BCUT2D eigenvalue weighted by Crippen LogP contribution is 1.67. The van der Waals surface area contributed by atoms with Crippen molar-refractivity contribution in [2.24, 2.45) is 5.73 Å². The summed E-state index contributed by atoms with van der Waals surface area (Å²) in [7, 11) is 0. The lowest BCUT2D eigenvalue weighted by atomic mass is 10.7. The van der Waals surface area contributed by atoms with Crippen molar-refractivity contribution in [2.75, 3.05) is 11.9 Å². The smallest absolute Gasteiger partial charge is 0.288 e. The van der Waals surface area contributed by atoms with Gasteiger partial charge in [0.2, 0.25) is 0 Å². The summed E-state index contributed by atoms with van der Waals surface area (Å²) in [6.07, 6.45) is 0. The first kappa shape index (κ1) is 11.4. The molecule has 0 amide bonds. The molecule has 0 aromatic heterocycles. The number of hydrogen-bond donors (Lipinski definition) is 2. The molecule has 0 bridgehead atoms. The zero-order chi connectivity index (χ0) is 7.70. The molecule has 0 saturated heterocycles. The lowest BCUT2D eigenvalue weighted by Gasteiger charge is -1.76. The van der Waals surface area contributed by atoms with Gasteiger partial charge >= 0.3 is 0 Å². The summed E-state index contributed by atoms with van der Waals surface area (Å²) in [5.74, 6) is 0.159. The second-order valence-electron chi connectivity index (χ2n) is 0.937. The molecule has 0 rings (SSSR count). The number of nitrogens with one attached hydrogen (secondary N) is 1. The van der Waals surface area contributed by atoms with Gasteiger partial charge in [-0.05, 0) is 11.6 Å². The van der Waals surface area contributed by atoms with Crippen LogP contribution >= 0.6 is 23.2 Å². The van der Waals surface area contributed by atoms with E-state index < -0.39 is 0 Å². The van der Waals surface area contributed by atoms with Gasteiger partial charge in [0.05, 0.1) is 5.88 Å². The molecule has 3 nitrogen and oxygen atoms in total. The topological polar surface area (TPSA) is 54.2 Å². The van der Waals surface area contributed by atoms with Crippen molar-refractivity contribution in [3.63, 3.8) is 0 Å². The van der Waals surface area contributed by atoms with Crippen LogP contribution in [0.4, 0.5) is 0 Å². The van der Waals surface area contributed by atoms with E-state index in [9.17, 15) is 0 Å². The van der Waals surface area contributed by atoms with E-state index in [1.54, 1.807) is 0 Å². The Balaban J connectivity index is 0. The fourth-order valence-electron chi connectivity index (χ4n) is 0. The molecule has 9 heavy (non-hydrogen) atoms. The second-order valence-corrected chi connectivity index (χ2v) is 1.44. The van der Waals surface area contributed by atoms with E-state index in [4.69, 9.17) is 40.9 Å². The quantitative estimate of drug-likeness (QED) is 0.200. The lowest BCUT2D eigenvalue weighted by molar-refractivity contribution is 1.42. The molecule has 0 atom stereocenters. The number of hydrogen-bond acceptors (Lipinski definition) is 1. The van der Waals surface area contributed by atoms with Crippen LogP contribution in [0.25, 0.3) is 4.85 Å². The molecule has 0 radical (unpaired) electrons. The van der Waals surface area contributed by atoms with Crippen molar-refractivity contribution in [1.82, 2.24) is 0 Å². The van der Waals surface area contributed by atoms with Crippen LogP contribution in [0.2, 0.25) is 0 Å². The third-order valence-corrected chi connectivity index (χ3v) is 0.611. The zero-order valence-corrected chi connectivity index (χ0v) is 6.21.